The molecule has 0 N–H and O–H groups in total. The van der Waals surface area contributed by atoms with Crippen molar-refractivity contribution in [2.45, 2.75) is 39.2 Å². The molecule has 0 saturated carbocycles. The molecule has 7 nitrogen and oxygen atoms in total. The number of benzene rings is 1. The number of carbonyl (C=O) groups is 1. The van der Waals surface area contributed by atoms with Crippen LogP contribution in [-0.4, -0.2) is 71.7 Å². The number of amides is 1. The number of fused-ring (bicyclic) bond motifs is 1. The lowest BCUT2D eigenvalue weighted by atomic mass is 10.2. The van der Waals surface area contributed by atoms with E-state index in [-0.39, 0.29) is 12.5 Å². The van der Waals surface area contributed by atoms with Crippen LogP contribution in [0.5, 0.6) is 0 Å². The predicted molar refractivity (Wildman–Crippen MR) is 114 cm³/mol. The first kappa shape index (κ1) is 20.4. The number of piperazine rings is 1. The van der Waals surface area contributed by atoms with Gasteiger partial charge in [0, 0.05) is 51.0 Å². The molecule has 2 aromatic rings. The minimum Gasteiger partial charge on any atom is -0.339 e. The molecule has 8 heteroatoms. The van der Waals surface area contributed by atoms with Crippen molar-refractivity contribution in [3.8, 4) is 0 Å². The zero-order chi connectivity index (χ0) is 20.4. The van der Waals surface area contributed by atoms with Crippen molar-refractivity contribution in [2.24, 2.45) is 0 Å². The van der Waals surface area contributed by atoms with E-state index < -0.39 is 10.2 Å². The Morgan fingerprint density at radius 2 is 1.55 bits per heavy atom. The Morgan fingerprint density at radius 1 is 0.897 bits per heavy atom. The third-order valence-electron chi connectivity index (χ3n) is 6.04. The monoisotopic (exact) mass is 418 g/mol. The number of hydrogen-bond acceptors (Lipinski definition) is 3. The molecule has 158 valence electrons. The third kappa shape index (κ3) is 4.34. The molecule has 4 rings (SSSR count). The Kier molecular flexibility index (Phi) is 5.94. The van der Waals surface area contributed by atoms with Crippen LogP contribution >= 0.6 is 0 Å². The summed E-state index contributed by atoms with van der Waals surface area (Å²) in [4.78, 5) is 14.6. The van der Waals surface area contributed by atoms with Crippen LogP contribution in [0.3, 0.4) is 0 Å². The maximum absolute atomic E-state index is 12.9. The topological polar surface area (TPSA) is 65.9 Å². The van der Waals surface area contributed by atoms with Gasteiger partial charge in [-0.2, -0.15) is 17.0 Å². The van der Waals surface area contributed by atoms with E-state index in [2.05, 4.69) is 19.1 Å². The molecule has 2 fully saturated rings. The van der Waals surface area contributed by atoms with Gasteiger partial charge in [-0.1, -0.05) is 24.5 Å². The molecular weight excluding hydrogens is 388 g/mol. The quantitative estimate of drug-likeness (QED) is 0.765. The van der Waals surface area contributed by atoms with Crippen LogP contribution in [0, 0.1) is 6.92 Å². The van der Waals surface area contributed by atoms with Crippen molar-refractivity contribution in [1.82, 2.24) is 18.1 Å². The van der Waals surface area contributed by atoms with Gasteiger partial charge in [-0.25, -0.2) is 0 Å². The van der Waals surface area contributed by atoms with Gasteiger partial charge in [-0.05, 0) is 43.4 Å². The molecule has 1 aromatic carbocycles. The van der Waals surface area contributed by atoms with Crippen molar-refractivity contribution >= 4 is 27.0 Å². The van der Waals surface area contributed by atoms with Crippen LogP contribution in [0.1, 0.15) is 31.2 Å². The zero-order valence-electron chi connectivity index (χ0n) is 17.1. The normalized spacial score (nSPS) is 20.1. The number of aromatic nitrogens is 1. The van der Waals surface area contributed by atoms with Crippen molar-refractivity contribution in [1.29, 1.82) is 0 Å². The first-order valence-corrected chi connectivity index (χ1v) is 11.9. The van der Waals surface area contributed by atoms with Gasteiger partial charge in [0.15, 0.2) is 0 Å². The predicted octanol–water partition coefficient (Wildman–Crippen LogP) is 2.21. The minimum atomic E-state index is -3.42. The van der Waals surface area contributed by atoms with Gasteiger partial charge < -0.3 is 9.47 Å². The van der Waals surface area contributed by atoms with Crippen LogP contribution in [0.2, 0.25) is 0 Å². The molecular formula is C21H30N4O3S. The second-order valence-corrected chi connectivity index (χ2v) is 10.0. The van der Waals surface area contributed by atoms with Crippen molar-refractivity contribution in [2.75, 3.05) is 39.3 Å². The smallest absolute Gasteiger partial charge is 0.282 e. The van der Waals surface area contributed by atoms with Gasteiger partial charge in [-0.3, -0.25) is 4.79 Å². The van der Waals surface area contributed by atoms with Crippen molar-refractivity contribution in [3.05, 3.63) is 36.0 Å². The van der Waals surface area contributed by atoms with E-state index >= 15 is 0 Å². The summed E-state index contributed by atoms with van der Waals surface area (Å²) in [5.74, 6) is 0.0369. The summed E-state index contributed by atoms with van der Waals surface area (Å²) in [5, 5.41) is 1.13. The number of rotatable bonds is 4. The van der Waals surface area contributed by atoms with Gasteiger partial charge >= 0.3 is 0 Å². The summed E-state index contributed by atoms with van der Waals surface area (Å²) in [7, 11) is -3.42. The highest BCUT2D eigenvalue weighted by Gasteiger charge is 2.33. The molecule has 3 heterocycles. The van der Waals surface area contributed by atoms with Crippen LogP contribution in [0.25, 0.3) is 10.9 Å². The van der Waals surface area contributed by atoms with Gasteiger partial charge in [0.2, 0.25) is 5.91 Å². The maximum Gasteiger partial charge on any atom is 0.282 e. The molecule has 1 amide bonds. The molecule has 0 spiro atoms. The molecule has 2 aliphatic heterocycles. The van der Waals surface area contributed by atoms with E-state index in [1.165, 1.54) is 5.56 Å². The highest BCUT2D eigenvalue weighted by Crippen LogP contribution is 2.20. The molecule has 0 radical (unpaired) electrons. The minimum absolute atomic E-state index is 0.0369. The molecule has 0 unspecified atom stereocenters. The second-order valence-electron chi connectivity index (χ2n) is 8.11. The summed E-state index contributed by atoms with van der Waals surface area (Å²) in [5.41, 5.74) is 2.25. The largest absolute Gasteiger partial charge is 0.339 e. The summed E-state index contributed by atoms with van der Waals surface area (Å²) in [6.45, 7) is 5.21. The van der Waals surface area contributed by atoms with Gasteiger partial charge in [0.05, 0.1) is 0 Å². The summed E-state index contributed by atoms with van der Waals surface area (Å²) < 4.78 is 31.0. The Labute approximate surface area is 173 Å². The fourth-order valence-electron chi connectivity index (χ4n) is 4.31. The van der Waals surface area contributed by atoms with E-state index in [0.717, 1.165) is 36.6 Å². The molecule has 29 heavy (non-hydrogen) atoms. The first-order chi connectivity index (χ1) is 13.9. The fraction of sp³-hybridized carbons (Fsp3) is 0.571. The molecule has 2 aliphatic rings. The zero-order valence-corrected chi connectivity index (χ0v) is 17.9. The molecule has 1 aromatic heterocycles. The summed E-state index contributed by atoms with van der Waals surface area (Å²) in [6, 6.07) is 8.24. The number of nitrogens with zero attached hydrogens (tertiary/aromatic N) is 4. The number of aryl methyl sites for hydroxylation is 1. The van der Waals surface area contributed by atoms with Gasteiger partial charge in [-0.15, -0.1) is 0 Å². The fourth-order valence-corrected chi connectivity index (χ4v) is 5.98. The Hall–Kier alpha value is -1.90. The summed E-state index contributed by atoms with van der Waals surface area (Å²) >= 11 is 0. The average molecular weight is 419 g/mol. The molecule has 0 aliphatic carbocycles. The number of hydrogen-bond donors (Lipinski definition) is 0. The lowest BCUT2D eigenvalue weighted by molar-refractivity contribution is -0.132. The molecule has 2 saturated heterocycles. The van der Waals surface area contributed by atoms with E-state index in [0.29, 0.717) is 39.3 Å². The van der Waals surface area contributed by atoms with E-state index in [9.17, 15) is 13.2 Å². The van der Waals surface area contributed by atoms with E-state index in [1.54, 1.807) is 13.5 Å². The number of carbonyl (C=O) groups excluding carboxylic acids is 1. The highest BCUT2D eigenvalue weighted by molar-refractivity contribution is 7.86. The lowest BCUT2D eigenvalue weighted by Crippen LogP contribution is -2.54. The average Bonchev–Trinajstić information content (AvgIpc) is 2.92. The van der Waals surface area contributed by atoms with Crippen LogP contribution in [-0.2, 0) is 21.5 Å². The van der Waals surface area contributed by atoms with Crippen LogP contribution < -0.4 is 0 Å². The Balaban J connectivity index is 1.36. The molecule has 0 bridgehead atoms. The van der Waals surface area contributed by atoms with Crippen molar-refractivity contribution < 1.29 is 13.2 Å². The highest BCUT2D eigenvalue weighted by atomic mass is 32.2. The van der Waals surface area contributed by atoms with Crippen LogP contribution in [0.4, 0.5) is 0 Å². The van der Waals surface area contributed by atoms with E-state index in [4.69, 9.17) is 0 Å². The maximum atomic E-state index is 12.9. The second kappa shape index (κ2) is 8.45. The third-order valence-corrected chi connectivity index (χ3v) is 8.08. The Morgan fingerprint density at radius 3 is 2.24 bits per heavy atom. The van der Waals surface area contributed by atoms with Gasteiger partial charge in [0.25, 0.3) is 10.2 Å². The lowest BCUT2D eigenvalue weighted by Gasteiger charge is -2.36. The van der Waals surface area contributed by atoms with Crippen molar-refractivity contribution in [3.63, 3.8) is 0 Å². The van der Waals surface area contributed by atoms with Crippen LogP contribution in [0.15, 0.2) is 30.5 Å². The summed E-state index contributed by atoms with van der Waals surface area (Å²) in [6.07, 6.45) is 6.01. The first-order valence-electron chi connectivity index (χ1n) is 10.5. The SMILES string of the molecule is Cc1ccc2c(ccn2CC(=O)N2CCN(S(=O)(=O)N3CCCCCC3)CC2)c1. The standard InChI is InChI=1S/C21H30N4O3S/c1-18-6-7-20-19(16-18)8-11-23(20)17-21(26)22-12-14-25(15-13-22)29(27,28)24-9-4-2-3-5-10-24/h6-8,11,16H,2-5,9-10,12-15,17H2,1H3. The van der Waals surface area contributed by atoms with Gasteiger partial charge in [0.1, 0.15) is 6.54 Å². The molecule has 0 atom stereocenters. The van der Waals surface area contributed by atoms with E-state index in [1.807, 2.05) is 22.9 Å². The Bertz CT molecular complexity index is 969.